The summed E-state index contributed by atoms with van der Waals surface area (Å²) < 4.78 is 57.6. The van der Waals surface area contributed by atoms with Crippen molar-refractivity contribution in [2.24, 2.45) is 87.8 Å². The number of ether oxygens (including phenoxy) is 1. The normalized spacial score (nSPS) is 39.3. The Morgan fingerprint density at radius 3 is 1.47 bits per heavy atom. The molecule has 12 aliphatic carbocycles. The molecule has 15 fully saturated rings. The molecule has 3 N–H and O–H groups in total. The van der Waals surface area contributed by atoms with Crippen molar-refractivity contribution < 1.29 is 46.2 Å². The van der Waals surface area contributed by atoms with E-state index in [1.54, 1.807) is 24.3 Å². The van der Waals surface area contributed by atoms with Gasteiger partial charge in [0.05, 0.1) is 37.1 Å². The molecule has 3 aromatic rings. The van der Waals surface area contributed by atoms with E-state index in [1.807, 2.05) is 52.8 Å². The zero-order chi connectivity index (χ0) is 62.0. The number of hydrogen-bond donors (Lipinski definition) is 3. The van der Waals surface area contributed by atoms with E-state index in [1.165, 1.54) is 89.6 Å². The van der Waals surface area contributed by atoms with Crippen molar-refractivity contribution in [3.05, 3.63) is 107 Å². The van der Waals surface area contributed by atoms with Crippen LogP contribution in [0.4, 0.5) is 13.6 Å². The molecule has 478 valence electrons. The number of likely N-dealkylation sites (tertiary alicyclic amines) is 3. The molecule has 88 heavy (non-hydrogen) atoms. The lowest BCUT2D eigenvalue weighted by Crippen LogP contribution is -2.70. The van der Waals surface area contributed by atoms with Crippen molar-refractivity contribution >= 4 is 33.8 Å². The van der Waals surface area contributed by atoms with Crippen LogP contribution in [0.1, 0.15) is 154 Å². The van der Waals surface area contributed by atoms with Gasteiger partial charge in [0.2, 0.25) is 27.7 Å². The maximum Gasteiger partial charge on any atom is 0.407 e. The lowest BCUT2D eigenvalue weighted by Gasteiger charge is -2.65. The van der Waals surface area contributed by atoms with E-state index in [4.69, 9.17) is 0 Å². The highest BCUT2D eigenvalue weighted by molar-refractivity contribution is 7.88. The Bertz CT molecular complexity index is 3140. The van der Waals surface area contributed by atoms with Gasteiger partial charge in [0.25, 0.3) is 0 Å². The number of aliphatic hydroxyl groups excluding tert-OH is 1. The summed E-state index contributed by atoms with van der Waals surface area (Å²) in [5.41, 5.74) is 3.27. The van der Waals surface area contributed by atoms with Crippen LogP contribution in [0.3, 0.4) is 0 Å². The third-order valence-corrected chi connectivity index (χ3v) is 27.5. The minimum Gasteiger partial charge on any atom is -0.453 e. The molecule has 3 unspecified atom stereocenters. The van der Waals surface area contributed by atoms with E-state index in [0.717, 1.165) is 71.8 Å². The van der Waals surface area contributed by atoms with Crippen LogP contribution in [0.15, 0.2) is 78.9 Å². The molecule has 18 rings (SSSR count). The van der Waals surface area contributed by atoms with E-state index in [9.17, 15) is 41.5 Å². The lowest BCUT2D eigenvalue weighted by atomic mass is 9.39. The van der Waals surface area contributed by atoms with Crippen LogP contribution in [0.2, 0.25) is 0 Å². The summed E-state index contributed by atoms with van der Waals surface area (Å²) in [6.45, 7) is 13.7. The van der Waals surface area contributed by atoms with Crippen LogP contribution in [0, 0.1) is 99.4 Å². The highest BCUT2D eigenvalue weighted by Crippen LogP contribution is 2.70. The van der Waals surface area contributed by atoms with Gasteiger partial charge in [0.1, 0.15) is 11.6 Å². The monoisotopic (exact) mass is 1230 g/mol. The molecule has 3 atom stereocenters. The molecule has 16 heteroatoms. The second-order valence-electron chi connectivity index (χ2n) is 31.8. The fourth-order valence-electron chi connectivity index (χ4n) is 22.3. The molecule has 3 saturated heterocycles. The zero-order valence-corrected chi connectivity index (χ0v) is 53.9. The van der Waals surface area contributed by atoms with E-state index >= 15 is 0 Å². The van der Waals surface area contributed by atoms with Gasteiger partial charge in [-0.3, -0.25) is 14.4 Å². The quantitative estimate of drug-likeness (QED) is 0.152. The minimum atomic E-state index is -3.22. The van der Waals surface area contributed by atoms with Crippen LogP contribution in [0.5, 0.6) is 0 Å². The summed E-state index contributed by atoms with van der Waals surface area (Å²) in [5.74, 6) is 9.04. The average Bonchev–Trinajstić information content (AvgIpc) is 0.730. The minimum absolute atomic E-state index is 0.0411. The largest absolute Gasteiger partial charge is 0.453 e. The number of amides is 4. The molecular formula is C72H97F2N5O8S. The van der Waals surface area contributed by atoms with Crippen molar-refractivity contribution in [3.63, 3.8) is 0 Å². The van der Waals surface area contributed by atoms with Gasteiger partial charge >= 0.3 is 6.09 Å². The Labute approximate surface area is 521 Å². The maximum atomic E-state index is 13.7. The molecule has 12 bridgehead atoms. The van der Waals surface area contributed by atoms with Gasteiger partial charge in [-0.1, -0.05) is 75.4 Å². The number of carbonyl (C=O) groups is 4. The van der Waals surface area contributed by atoms with E-state index in [-0.39, 0.29) is 57.7 Å². The van der Waals surface area contributed by atoms with Crippen LogP contribution in [0.25, 0.3) is 0 Å². The van der Waals surface area contributed by atoms with E-state index in [2.05, 4.69) is 65.9 Å². The van der Waals surface area contributed by atoms with Crippen LogP contribution < -0.4 is 10.0 Å². The summed E-state index contributed by atoms with van der Waals surface area (Å²) in [7, 11) is -1.88. The van der Waals surface area contributed by atoms with Gasteiger partial charge in [-0.15, -0.1) is 0 Å². The highest BCUT2D eigenvalue weighted by atomic mass is 32.2. The Hall–Kier alpha value is -4.93. The van der Waals surface area contributed by atoms with Crippen molar-refractivity contribution in [2.75, 3.05) is 46.1 Å². The third-order valence-electron chi connectivity index (χ3n) is 26.7. The van der Waals surface area contributed by atoms with Crippen LogP contribution in [-0.4, -0.2) is 122 Å². The van der Waals surface area contributed by atoms with E-state index in [0.29, 0.717) is 92.9 Å². The third kappa shape index (κ3) is 11.0. The second-order valence-corrected chi connectivity index (χ2v) is 33.6. The fraction of sp³-hybridized carbons (Fsp3) is 0.694. The van der Waals surface area contributed by atoms with E-state index < -0.39 is 27.8 Å². The van der Waals surface area contributed by atoms with Crippen molar-refractivity contribution in [1.82, 2.24) is 24.7 Å². The van der Waals surface area contributed by atoms with Crippen molar-refractivity contribution in [1.29, 1.82) is 0 Å². The first-order valence-electron chi connectivity index (χ1n) is 33.7. The predicted molar refractivity (Wildman–Crippen MR) is 333 cm³/mol. The number of benzene rings is 3. The molecule has 4 amide bonds. The number of nitrogens with one attached hydrogen (secondary N) is 2. The molecule has 3 aliphatic heterocycles. The molecule has 13 nitrogen and oxygen atoms in total. The Morgan fingerprint density at radius 1 is 0.580 bits per heavy atom. The van der Waals surface area contributed by atoms with Gasteiger partial charge in [-0.05, 0) is 232 Å². The average molecular weight is 1230 g/mol. The van der Waals surface area contributed by atoms with Crippen molar-refractivity contribution in [2.45, 2.75) is 178 Å². The summed E-state index contributed by atoms with van der Waals surface area (Å²) >= 11 is 0. The number of β-amino-alcohol motifs (C(OH)–C–C–N with tert-alkyl or cyclic N) is 1. The van der Waals surface area contributed by atoms with Gasteiger partial charge < -0.3 is 29.9 Å². The maximum absolute atomic E-state index is 13.7. The lowest BCUT2D eigenvalue weighted by molar-refractivity contribution is -0.172. The Kier molecular flexibility index (Phi) is 16.2. The number of nitrogens with zero attached hydrogens (tertiary/aromatic N) is 3. The molecule has 3 aromatic carbocycles. The Morgan fingerprint density at radius 2 is 1.02 bits per heavy atom. The highest BCUT2D eigenvalue weighted by Gasteiger charge is 2.64. The molecular weight excluding hydrogens is 1130 g/mol. The number of alkyl carbamates (subject to hydrolysis) is 1. The zero-order valence-electron chi connectivity index (χ0n) is 53.1. The Balaban J connectivity index is 0.000000122. The molecule has 0 radical (unpaired) electrons. The van der Waals surface area contributed by atoms with Gasteiger partial charge in [-0.2, -0.15) is 0 Å². The molecule has 0 spiro atoms. The smallest absolute Gasteiger partial charge is 0.407 e. The fourth-order valence-corrected chi connectivity index (χ4v) is 23.0. The standard InChI is InChI=1S/C24H31FN2O3.C24H32FNO2.C24H34N2O3S/c1-23-9-15-7-17(10-23)24(18(8-15)11-23,16-3-5-19(25)6-4-16)12-21(28)27-13-20(14-27)26-22(29)30-2;1-14-15-8-18-10-16(14)11-19(9-15)24(18,17-4-6-20(25)7-5-17)12-22(28)26-13-21(27)23(26,2)3;1-16-18-8-20-10-19(16)11-21(9-18)24(20,12-17-6-4-3-5-7-17)13-23(27)26-14-22(15-26)25-30(2,28)29/h3-6,15,17-18,20H,7-14H2,1-2H3,(H,26,29);4-7,14-16,18-19,21,27H,8-13H2,1-3H3;3-7,16,18-22,25H,8-15H2,1-2H3. The first kappa shape index (κ1) is 61.9. The van der Waals surface area contributed by atoms with Gasteiger partial charge in [0.15, 0.2) is 0 Å². The molecule has 15 aliphatic rings. The first-order chi connectivity index (χ1) is 41.8. The number of methoxy groups -OCH3 is 1. The number of hydrogen-bond acceptors (Lipinski definition) is 8. The first-order valence-corrected chi connectivity index (χ1v) is 35.6. The number of aliphatic hydroxyl groups is 1. The number of carbonyl (C=O) groups excluding carboxylic acids is 4. The topological polar surface area (TPSA) is 166 Å². The number of sulfonamides is 1. The van der Waals surface area contributed by atoms with Crippen molar-refractivity contribution in [3.8, 4) is 0 Å². The molecule has 0 aromatic heterocycles. The van der Waals surface area contributed by atoms with Crippen LogP contribution in [-0.2, 0) is 46.4 Å². The number of rotatable bonds is 13. The summed E-state index contributed by atoms with van der Waals surface area (Å²) in [6, 6.07) is 24.5. The summed E-state index contributed by atoms with van der Waals surface area (Å²) in [6.07, 6.45) is 18.8. The molecule has 3 heterocycles. The van der Waals surface area contributed by atoms with Crippen LogP contribution >= 0.6 is 0 Å². The van der Waals surface area contributed by atoms with Gasteiger partial charge in [0, 0.05) is 62.8 Å². The summed E-state index contributed by atoms with van der Waals surface area (Å²) in [4.78, 5) is 57.1. The SMILES string of the molecule is CC1C2CC3CC1CC(C2)C3(CC(=O)N1CC(NS(C)(=O)=O)C1)Cc1ccccc1.CC1C2CC3CC1CC(C2)C3(CC(=O)N1CC(O)C1(C)C)c1ccc(F)cc1.COC(=O)NC1CN(C(=O)CC2(c3ccc(F)cc3)C3CC4CC2CC(C)(C4)C3)C1. The summed E-state index contributed by atoms with van der Waals surface area (Å²) in [5, 5.41) is 12.9. The van der Waals surface area contributed by atoms with Gasteiger partial charge in [-0.25, -0.2) is 26.7 Å². The number of halogens is 2. The predicted octanol–water partition coefficient (Wildman–Crippen LogP) is 11.1. The molecule has 12 saturated carbocycles. The second kappa shape index (κ2) is 23.0.